The molecular formula is C20H35N3O5. The van der Waals surface area contributed by atoms with Crippen molar-refractivity contribution < 1.29 is 23.8 Å². The average Bonchev–Trinajstić information content (AvgIpc) is 2.47. The second kappa shape index (κ2) is 9.03. The van der Waals surface area contributed by atoms with E-state index in [1.54, 1.807) is 4.90 Å². The summed E-state index contributed by atoms with van der Waals surface area (Å²) in [6.45, 7) is 14.4. The van der Waals surface area contributed by atoms with Gasteiger partial charge in [-0.15, -0.1) is 0 Å². The zero-order valence-electron chi connectivity index (χ0n) is 18.0. The molecule has 2 heterocycles. The second-order valence-electron chi connectivity index (χ2n) is 9.44. The summed E-state index contributed by atoms with van der Waals surface area (Å²) in [6, 6.07) is -0.0763. The van der Waals surface area contributed by atoms with Crippen LogP contribution in [0.5, 0.6) is 0 Å². The highest BCUT2D eigenvalue weighted by Gasteiger charge is 2.33. The lowest BCUT2D eigenvalue weighted by atomic mass is 10.0. The van der Waals surface area contributed by atoms with Crippen molar-refractivity contribution in [2.24, 2.45) is 5.92 Å². The van der Waals surface area contributed by atoms with Crippen molar-refractivity contribution in [2.75, 3.05) is 32.8 Å². The molecule has 2 amide bonds. The lowest BCUT2D eigenvalue weighted by Crippen LogP contribution is -2.54. The number of carbonyl (C=O) groups excluding carboxylic acids is 2. The standard InChI is InChI=1S/C20H35N3O5/c1-19(2,3)27-17(24)22-15-7-8-16(26-13-15)10-21-9-14-11-23(12-14)18(25)28-20(4,5)6/h8,14-15,21H,7,9-13H2,1-6H3,(H,22,24)/t15-/m1/s1. The Morgan fingerprint density at radius 3 is 2.32 bits per heavy atom. The molecule has 1 fully saturated rings. The molecule has 0 aromatic carbocycles. The third kappa shape index (κ3) is 7.96. The summed E-state index contributed by atoms with van der Waals surface area (Å²) in [6.07, 6.45) is 2.04. The molecule has 8 nitrogen and oxygen atoms in total. The molecule has 2 rings (SSSR count). The van der Waals surface area contributed by atoms with E-state index in [0.29, 0.717) is 38.6 Å². The van der Waals surface area contributed by atoms with Crippen LogP contribution in [0, 0.1) is 5.92 Å². The van der Waals surface area contributed by atoms with Gasteiger partial charge in [0, 0.05) is 25.6 Å². The van der Waals surface area contributed by atoms with Crippen LogP contribution in [0.4, 0.5) is 9.59 Å². The van der Waals surface area contributed by atoms with Gasteiger partial charge in [0.2, 0.25) is 0 Å². The first-order valence-corrected chi connectivity index (χ1v) is 9.91. The van der Waals surface area contributed by atoms with Crippen LogP contribution in [-0.2, 0) is 14.2 Å². The van der Waals surface area contributed by atoms with Gasteiger partial charge in [0.25, 0.3) is 0 Å². The van der Waals surface area contributed by atoms with Gasteiger partial charge in [0.15, 0.2) is 0 Å². The lowest BCUT2D eigenvalue weighted by molar-refractivity contribution is -0.000815. The third-order valence-electron chi connectivity index (χ3n) is 4.16. The van der Waals surface area contributed by atoms with Crippen LogP contribution in [0.2, 0.25) is 0 Å². The largest absolute Gasteiger partial charge is 0.495 e. The molecular weight excluding hydrogens is 362 g/mol. The molecule has 1 saturated heterocycles. The minimum absolute atomic E-state index is 0.0763. The number of alkyl carbamates (subject to hydrolysis) is 1. The SMILES string of the molecule is CC(C)(C)OC(=O)N[C@@H]1CC=C(CNCC2CN(C(=O)OC(C)(C)C)C2)OC1. The minimum atomic E-state index is -0.509. The van der Waals surface area contributed by atoms with E-state index < -0.39 is 17.3 Å². The predicted octanol–water partition coefficient (Wildman–Crippen LogP) is 2.64. The van der Waals surface area contributed by atoms with Crippen molar-refractivity contribution in [1.82, 2.24) is 15.5 Å². The first-order valence-electron chi connectivity index (χ1n) is 9.91. The minimum Gasteiger partial charge on any atom is -0.495 e. The molecule has 0 aliphatic carbocycles. The van der Waals surface area contributed by atoms with Crippen molar-refractivity contribution >= 4 is 12.2 Å². The normalized spacial score (nSPS) is 20.6. The molecule has 160 valence electrons. The van der Waals surface area contributed by atoms with Crippen LogP contribution in [-0.4, -0.2) is 67.1 Å². The van der Waals surface area contributed by atoms with Crippen LogP contribution < -0.4 is 10.6 Å². The monoisotopic (exact) mass is 397 g/mol. The maximum atomic E-state index is 11.9. The summed E-state index contributed by atoms with van der Waals surface area (Å²) < 4.78 is 16.3. The summed E-state index contributed by atoms with van der Waals surface area (Å²) in [4.78, 5) is 25.4. The van der Waals surface area contributed by atoms with Gasteiger partial charge in [0.1, 0.15) is 23.6 Å². The van der Waals surface area contributed by atoms with Gasteiger partial charge in [-0.1, -0.05) is 0 Å². The number of ether oxygens (including phenoxy) is 3. The summed E-state index contributed by atoms with van der Waals surface area (Å²) in [5, 5.41) is 6.19. The first-order chi connectivity index (χ1) is 12.9. The molecule has 8 heteroatoms. The molecule has 2 N–H and O–H groups in total. The molecule has 28 heavy (non-hydrogen) atoms. The fourth-order valence-corrected chi connectivity index (χ4v) is 2.88. The lowest BCUT2D eigenvalue weighted by Gasteiger charge is -2.40. The molecule has 1 atom stereocenters. The van der Waals surface area contributed by atoms with Gasteiger partial charge in [-0.05, 0) is 54.0 Å². The molecule has 0 bridgehead atoms. The van der Waals surface area contributed by atoms with Gasteiger partial charge in [-0.2, -0.15) is 0 Å². The van der Waals surface area contributed by atoms with E-state index >= 15 is 0 Å². The van der Waals surface area contributed by atoms with Crippen LogP contribution in [0.15, 0.2) is 11.8 Å². The topological polar surface area (TPSA) is 89.1 Å². The molecule has 0 unspecified atom stereocenters. The van der Waals surface area contributed by atoms with Crippen LogP contribution in [0.25, 0.3) is 0 Å². The smallest absolute Gasteiger partial charge is 0.410 e. The Bertz CT molecular complexity index is 586. The second-order valence-corrected chi connectivity index (χ2v) is 9.44. The van der Waals surface area contributed by atoms with E-state index in [4.69, 9.17) is 14.2 Å². The molecule has 0 aromatic heterocycles. The molecule has 2 aliphatic rings. The summed E-state index contributed by atoms with van der Waals surface area (Å²) in [7, 11) is 0. The van der Waals surface area contributed by atoms with Crippen LogP contribution in [0.1, 0.15) is 48.0 Å². The molecule has 0 aromatic rings. The number of nitrogens with one attached hydrogen (secondary N) is 2. The summed E-state index contributed by atoms with van der Waals surface area (Å²) in [5.74, 6) is 1.31. The maximum absolute atomic E-state index is 11.9. The highest BCUT2D eigenvalue weighted by atomic mass is 16.6. The van der Waals surface area contributed by atoms with Crippen LogP contribution in [0.3, 0.4) is 0 Å². The van der Waals surface area contributed by atoms with Crippen molar-refractivity contribution in [1.29, 1.82) is 0 Å². The number of nitrogens with zero attached hydrogens (tertiary/aromatic N) is 1. The Morgan fingerprint density at radius 2 is 1.79 bits per heavy atom. The first kappa shape index (κ1) is 22.3. The third-order valence-corrected chi connectivity index (χ3v) is 4.16. The highest BCUT2D eigenvalue weighted by Crippen LogP contribution is 2.19. The van der Waals surface area contributed by atoms with E-state index in [1.807, 2.05) is 47.6 Å². The van der Waals surface area contributed by atoms with E-state index in [1.165, 1.54) is 0 Å². The Kier molecular flexibility index (Phi) is 7.20. The van der Waals surface area contributed by atoms with Gasteiger partial charge in [0.05, 0.1) is 12.6 Å². The van der Waals surface area contributed by atoms with E-state index in [9.17, 15) is 9.59 Å². The number of hydrogen-bond donors (Lipinski definition) is 2. The number of carbonyl (C=O) groups is 2. The van der Waals surface area contributed by atoms with Gasteiger partial charge in [-0.25, -0.2) is 9.59 Å². The van der Waals surface area contributed by atoms with Gasteiger partial charge < -0.3 is 29.7 Å². The molecule has 0 radical (unpaired) electrons. The summed E-state index contributed by atoms with van der Waals surface area (Å²) >= 11 is 0. The van der Waals surface area contributed by atoms with Gasteiger partial charge in [-0.3, -0.25) is 0 Å². The molecule has 0 spiro atoms. The van der Waals surface area contributed by atoms with Crippen molar-refractivity contribution in [3.05, 3.63) is 11.8 Å². The molecule has 2 aliphatic heterocycles. The van der Waals surface area contributed by atoms with E-state index in [2.05, 4.69) is 10.6 Å². The number of rotatable bonds is 5. The maximum Gasteiger partial charge on any atom is 0.410 e. The Hall–Kier alpha value is -1.96. The predicted molar refractivity (Wildman–Crippen MR) is 106 cm³/mol. The Morgan fingerprint density at radius 1 is 1.14 bits per heavy atom. The quantitative estimate of drug-likeness (QED) is 0.741. The Labute approximate surface area is 167 Å². The van der Waals surface area contributed by atoms with Crippen molar-refractivity contribution in [3.63, 3.8) is 0 Å². The van der Waals surface area contributed by atoms with Gasteiger partial charge >= 0.3 is 12.2 Å². The Balaban J connectivity index is 1.58. The number of likely N-dealkylation sites (tertiary alicyclic amines) is 1. The van der Waals surface area contributed by atoms with Crippen LogP contribution >= 0.6 is 0 Å². The summed E-state index contributed by atoms with van der Waals surface area (Å²) in [5.41, 5.74) is -0.966. The average molecular weight is 398 g/mol. The number of amides is 2. The zero-order chi connectivity index (χ0) is 20.9. The highest BCUT2D eigenvalue weighted by molar-refractivity contribution is 5.69. The zero-order valence-corrected chi connectivity index (χ0v) is 18.0. The van der Waals surface area contributed by atoms with E-state index in [0.717, 1.165) is 12.3 Å². The molecule has 0 saturated carbocycles. The fourth-order valence-electron chi connectivity index (χ4n) is 2.88. The van der Waals surface area contributed by atoms with Crippen molar-refractivity contribution in [2.45, 2.75) is 65.2 Å². The number of hydrogen-bond acceptors (Lipinski definition) is 6. The van der Waals surface area contributed by atoms with E-state index in [-0.39, 0.29) is 12.1 Å². The van der Waals surface area contributed by atoms with Crippen molar-refractivity contribution in [3.8, 4) is 0 Å². The fraction of sp³-hybridized carbons (Fsp3) is 0.800.